The van der Waals surface area contributed by atoms with E-state index in [0.717, 1.165) is 5.56 Å². The number of pyridine rings is 1. The minimum absolute atomic E-state index is 0.162. The Balaban J connectivity index is 2.47. The third kappa shape index (κ3) is 0.972. The number of rotatable bonds is 0. The molecule has 1 aromatic heterocycles. The molecule has 0 radical (unpaired) electrons. The Morgan fingerprint density at radius 2 is 2.25 bits per heavy atom. The summed E-state index contributed by atoms with van der Waals surface area (Å²) in [6.07, 6.45) is 3.33. The van der Waals surface area contributed by atoms with E-state index in [1.54, 1.807) is 18.5 Å². The van der Waals surface area contributed by atoms with Crippen LogP contribution >= 0.6 is 0 Å². The molecule has 4 nitrogen and oxygen atoms in total. The number of nitrogens with one attached hydrogen (secondary N) is 1. The summed E-state index contributed by atoms with van der Waals surface area (Å²) >= 11 is 0. The number of aromatic nitrogens is 1. The summed E-state index contributed by atoms with van der Waals surface area (Å²) in [6.45, 7) is 0. The third-order valence-corrected chi connectivity index (χ3v) is 1.76. The molecule has 1 amide bonds. The molecular weight excluding hydrogens is 156 g/mol. The van der Waals surface area contributed by atoms with E-state index in [2.05, 4.69) is 10.3 Å². The molecule has 2 heterocycles. The summed E-state index contributed by atoms with van der Waals surface area (Å²) < 4.78 is 0. The van der Waals surface area contributed by atoms with Gasteiger partial charge in [-0.3, -0.25) is 14.6 Å². The van der Waals surface area contributed by atoms with Crippen LogP contribution in [-0.4, -0.2) is 16.7 Å². The lowest BCUT2D eigenvalue weighted by atomic mass is 10.1. The van der Waals surface area contributed by atoms with Crippen LogP contribution < -0.4 is 5.32 Å². The Kier molecular flexibility index (Phi) is 1.40. The zero-order chi connectivity index (χ0) is 8.55. The lowest BCUT2D eigenvalue weighted by molar-refractivity contribution is -0.134. The van der Waals surface area contributed by atoms with Gasteiger partial charge >= 0.3 is 0 Å². The lowest BCUT2D eigenvalue weighted by Crippen LogP contribution is -2.29. The summed E-state index contributed by atoms with van der Waals surface area (Å²) in [5.74, 6) is -0.941. The average molecular weight is 162 g/mol. The number of Topliss-reactive ketones (excluding diaryl/α,β-unsaturated/α-hetero) is 1. The van der Waals surface area contributed by atoms with Crippen molar-refractivity contribution >= 4 is 17.4 Å². The minimum Gasteiger partial charge on any atom is -0.319 e. The number of carbonyl (C=O) groups is 2. The second-order valence-electron chi connectivity index (χ2n) is 2.59. The molecule has 1 aliphatic rings. The van der Waals surface area contributed by atoms with E-state index >= 15 is 0 Å². The standard InChI is InChI=1S/C8H6N2O2/c11-7-3-5-4-9-2-1-6(5)10-8(7)12/h1-2,4H,3H2,(H,10,12). The van der Waals surface area contributed by atoms with E-state index in [9.17, 15) is 9.59 Å². The van der Waals surface area contributed by atoms with E-state index in [1.165, 1.54) is 0 Å². The molecular formula is C8H6N2O2. The quantitative estimate of drug-likeness (QED) is 0.552. The number of anilines is 1. The van der Waals surface area contributed by atoms with Gasteiger partial charge in [-0.15, -0.1) is 0 Å². The predicted octanol–water partition coefficient (Wildman–Crippen LogP) is 0.145. The van der Waals surface area contributed by atoms with Crippen molar-refractivity contribution in [1.82, 2.24) is 4.98 Å². The van der Waals surface area contributed by atoms with E-state index in [0.29, 0.717) is 5.69 Å². The maximum absolute atomic E-state index is 10.9. The van der Waals surface area contributed by atoms with Crippen LogP contribution in [0.5, 0.6) is 0 Å². The molecule has 0 aromatic carbocycles. The molecule has 0 bridgehead atoms. The van der Waals surface area contributed by atoms with Crippen LogP contribution in [0.25, 0.3) is 0 Å². The van der Waals surface area contributed by atoms with Crippen molar-refractivity contribution < 1.29 is 9.59 Å². The Morgan fingerprint density at radius 1 is 1.42 bits per heavy atom. The molecule has 2 rings (SSSR count). The van der Waals surface area contributed by atoms with Gasteiger partial charge in [0.05, 0.1) is 0 Å². The Hall–Kier alpha value is -1.71. The second-order valence-corrected chi connectivity index (χ2v) is 2.59. The molecule has 0 unspecified atom stereocenters. The van der Waals surface area contributed by atoms with Gasteiger partial charge in [-0.1, -0.05) is 0 Å². The van der Waals surface area contributed by atoms with Crippen molar-refractivity contribution in [2.24, 2.45) is 0 Å². The van der Waals surface area contributed by atoms with Crippen LogP contribution in [0.15, 0.2) is 18.5 Å². The molecule has 0 spiro atoms. The average Bonchev–Trinajstić information content (AvgIpc) is 2.07. The topological polar surface area (TPSA) is 59.1 Å². The summed E-state index contributed by atoms with van der Waals surface area (Å²) in [5, 5.41) is 2.48. The zero-order valence-corrected chi connectivity index (χ0v) is 6.20. The maximum atomic E-state index is 10.9. The van der Waals surface area contributed by atoms with E-state index in [4.69, 9.17) is 0 Å². The van der Waals surface area contributed by atoms with Crippen LogP contribution in [-0.2, 0) is 16.0 Å². The fourth-order valence-corrected chi connectivity index (χ4v) is 1.14. The summed E-state index contributed by atoms with van der Waals surface area (Å²) in [7, 11) is 0. The summed E-state index contributed by atoms with van der Waals surface area (Å²) in [6, 6.07) is 1.68. The molecule has 0 aliphatic carbocycles. The van der Waals surface area contributed by atoms with Gasteiger partial charge in [-0.25, -0.2) is 0 Å². The van der Waals surface area contributed by atoms with Gasteiger partial charge in [0, 0.05) is 30.1 Å². The second kappa shape index (κ2) is 2.41. The molecule has 12 heavy (non-hydrogen) atoms. The number of carbonyl (C=O) groups excluding carboxylic acids is 2. The number of fused-ring (bicyclic) bond motifs is 1. The first-order valence-corrected chi connectivity index (χ1v) is 3.54. The first kappa shape index (κ1) is 6.97. The smallest absolute Gasteiger partial charge is 0.292 e. The number of nitrogens with zero attached hydrogens (tertiary/aromatic N) is 1. The summed E-state index contributed by atoms with van der Waals surface area (Å²) in [4.78, 5) is 25.6. The van der Waals surface area contributed by atoms with Gasteiger partial charge in [-0.05, 0) is 6.07 Å². The van der Waals surface area contributed by atoms with Gasteiger partial charge in [-0.2, -0.15) is 0 Å². The van der Waals surface area contributed by atoms with Crippen molar-refractivity contribution in [3.05, 3.63) is 24.0 Å². The minimum atomic E-state index is -0.534. The largest absolute Gasteiger partial charge is 0.319 e. The lowest BCUT2D eigenvalue weighted by Gasteiger charge is -2.13. The molecule has 0 fully saturated rings. The van der Waals surface area contributed by atoms with Crippen molar-refractivity contribution in [2.45, 2.75) is 6.42 Å². The zero-order valence-electron chi connectivity index (χ0n) is 6.20. The molecule has 0 saturated heterocycles. The highest BCUT2D eigenvalue weighted by molar-refractivity contribution is 6.42. The third-order valence-electron chi connectivity index (χ3n) is 1.76. The fraction of sp³-hybridized carbons (Fsp3) is 0.125. The Labute approximate surface area is 68.6 Å². The van der Waals surface area contributed by atoms with Crippen molar-refractivity contribution in [2.75, 3.05) is 5.32 Å². The number of hydrogen-bond donors (Lipinski definition) is 1. The molecule has 1 aromatic rings. The van der Waals surface area contributed by atoms with E-state index in [-0.39, 0.29) is 6.42 Å². The SMILES string of the molecule is O=C1Cc2cnccc2NC1=O. The fourth-order valence-electron chi connectivity index (χ4n) is 1.14. The molecule has 60 valence electrons. The van der Waals surface area contributed by atoms with E-state index < -0.39 is 11.7 Å². The summed E-state index contributed by atoms with van der Waals surface area (Å²) in [5.41, 5.74) is 1.47. The first-order chi connectivity index (χ1) is 5.77. The van der Waals surface area contributed by atoms with Crippen molar-refractivity contribution in [3.8, 4) is 0 Å². The molecule has 4 heteroatoms. The molecule has 0 saturated carbocycles. The normalized spacial score (nSPS) is 15.3. The highest BCUT2D eigenvalue weighted by Crippen LogP contribution is 2.18. The highest BCUT2D eigenvalue weighted by Gasteiger charge is 2.22. The van der Waals surface area contributed by atoms with Gasteiger partial charge in [0.15, 0.2) is 0 Å². The van der Waals surface area contributed by atoms with Crippen LogP contribution in [0.1, 0.15) is 5.56 Å². The van der Waals surface area contributed by atoms with E-state index in [1.807, 2.05) is 0 Å². The van der Waals surface area contributed by atoms with Crippen molar-refractivity contribution in [3.63, 3.8) is 0 Å². The molecule has 1 aliphatic heterocycles. The first-order valence-electron chi connectivity index (χ1n) is 3.54. The van der Waals surface area contributed by atoms with Gasteiger partial charge in [0.1, 0.15) is 0 Å². The van der Waals surface area contributed by atoms with Crippen LogP contribution in [0.2, 0.25) is 0 Å². The van der Waals surface area contributed by atoms with Crippen LogP contribution in [0.3, 0.4) is 0 Å². The predicted molar refractivity (Wildman–Crippen MR) is 41.6 cm³/mol. The van der Waals surface area contributed by atoms with Gasteiger partial charge in [0.25, 0.3) is 5.91 Å². The highest BCUT2D eigenvalue weighted by atomic mass is 16.2. The maximum Gasteiger partial charge on any atom is 0.292 e. The van der Waals surface area contributed by atoms with Crippen LogP contribution in [0, 0.1) is 0 Å². The van der Waals surface area contributed by atoms with Crippen LogP contribution in [0.4, 0.5) is 5.69 Å². The Morgan fingerprint density at radius 3 is 3.08 bits per heavy atom. The van der Waals surface area contributed by atoms with Gasteiger partial charge < -0.3 is 5.32 Å². The Bertz CT molecular complexity index is 325. The molecule has 1 N–H and O–H groups in total. The van der Waals surface area contributed by atoms with Crippen molar-refractivity contribution in [1.29, 1.82) is 0 Å². The number of amides is 1. The monoisotopic (exact) mass is 162 g/mol. The van der Waals surface area contributed by atoms with Gasteiger partial charge in [0.2, 0.25) is 5.78 Å². The number of hydrogen-bond acceptors (Lipinski definition) is 3. The number of ketones is 1. The molecule has 0 atom stereocenters.